The second-order valence-electron chi connectivity index (χ2n) is 10.1. The van der Waals surface area contributed by atoms with Crippen LogP contribution >= 0.6 is 0 Å². The summed E-state index contributed by atoms with van der Waals surface area (Å²) in [5.74, 6) is 2.15. The molecule has 4 heteroatoms. The van der Waals surface area contributed by atoms with Crippen LogP contribution in [-0.4, -0.2) is 25.2 Å². The van der Waals surface area contributed by atoms with Gasteiger partial charge in [-0.2, -0.15) is 0 Å². The summed E-state index contributed by atoms with van der Waals surface area (Å²) in [6, 6.07) is 19.2. The molecule has 0 radical (unpaired) electrons. The Bertz CT molecular complexity index is 856. The largest absolute Gasteiger partial charge is 0.484 e. The molecule has 2 aromatic carbocycles. The van der Waals surface area contributed by atoms with Gasteiger partial charge in [0.25, 0.3) is 5.91 Å². The predicted octanol–water partition coefficient (Wildman–Crippen LogP) is 6.42. The summed E-state index contributed by atoms with van der Waals surface area (Å²) in [7, 11) is 0. The number of rotatable bonds is 7. The fraction of sp³-hybridized carbons (Fsp3) is 0.552. The summed E-state index contributed by atoms with van der Waals surface area (Å²) >= 11 is 0. The van der Waals surface area contributed by atoms with Crippen LogP contribution < -0.4 is 10.1 Å². The van der Waals surface area contributed by atoms with E-state index in [2.05, 4.69) is 61.6 Å². The Hall–Kier alpha value is -2.33. The molecule has 3 atom stereocenters. The summed E-state index contributed by atoms with van der Waals surface area (Å²) in [5.41, 5.74) is 2.56. The van der Waals surface area contributed by atoms with Gasteiger partial charge in [-0.25, -0.2) is 0 Å². The van der Waals surface area contributed by atoms with Crippen molar-refractivity contribution in [2.24, 2.45) is 11.8 Å². The Labute approximate surface area is 199 Å². The van der Waals surface area contributed by atoms with Gasteiger partial charge in [0.05, 0.1) is 12.7 Å². The molecule has 1 saturated carbocycles. The first kappa shape index (κ1) is 23.8. The van der Waals surface area contributed by atoms with Crippen LogP contribution in [0.2, 0.25) is 0 Å². The van der Waals surface area contributed by atoms with Gasteiger partial charge in [-0.3, -0.25) is 4.79 Å². The lowest BCUT2D eigenvalue weighted by molar-refractivity contribution is -0.123. The molecule has 1 saturated heterocycles. The minimum absolute atomic E-state index is 0.0200. The number of benzene rings is 2. The second kappa shape index (κ2) is 11.7. The van der Waals surface area contributed by atoms with Crippen molar-refractivity contribution in [1.82, 2.24) is 5.32 Å². The number of hydrogen-bond acceptors (Lipinski definition) is 3. The zero-order valence-electron chi connectivity index (χ0n) is 20.2. The monoisotopic (exact) mass is 449 g/mol. The summed E-state index contributed by atoms with van der Waals surface area (Å²) < 4.78 is 12.2. The van der Waals surface area contributed by atoms with Crippen LogP contribution in [0.4, 0.5) is 0 Å². The van der Waals surface area contributed by atoms with Gasteiger partial charge in [0.15, 0.2) is 6.61 Å². The van der Waals surface area contributed by atoms with Crippen molar-refractivity contribution < 1.29 is 14.3 Å². The molecule has 1 aliphatic heterocycles. The number of carbonyl (C=O) groups excluding carboxylic acids is 1. The van der Waals surface area contributed by atoms with Gasteiger partial charge in [-0.05, 0) is 54.4 Å². The van der Waals surface area contributed by atoms with Crippen LogP contribution in [0, 0.1) is 11.8 Å². The Morgan fingerprint density at radius 3 is 2.33 bits per heavy atom. The highest BCUT2D eigenvalue weighted by atomic mass is 16.5. The van der Waals surface area contributed by atoms with Gasteiger partial charge in [0.2, 0.25) is 0 Å². The van der Waals surface area contributed by atoms with E-state index in [0.29, 0.717) is 23.8 Å². The molecule has 2 aliphatic rings. The van der Waals surface area contributed by atoms with Crippen LogP contribution in [0.3, 0.4) is 0 Å². The van der Waals surface area contributed by atoms with Gasteiger partial charge in [0, 0.05) is 12.0 Å². The average molecular weight is 450 g/mol. The topological polar surface area (TPSA) is 47.6 Å². The van der Waals surface area contributed by atoms with E-state index in [-0.39, 0.29) is 18.6 Å². The Balaban J connectivity index is 1.31. The quantitative estimate of drug-likeness (QED) is 0.496. The fourth-order valence-electron chi connectivity index (χ4n) is 5.38. The number of carbonyl (C=O) groups is 1. The Kier molecular flexibility index (Phi) is 8.44. The van der Waals surface area contributed by atoms with Gasteiger partial charge in [-0.1, -0.05) is 82.0 Å². The minimum atomic E-state index is -0.0200. The molecule has 33 heavy (non-hydrogen) atoms. The minimum Gasteiger partial charge on any atom is -0.484 e. The van der Waals surface area contributed by atoms with E-state index in [1.807, 2.05) is 12.1 Å². The smallest absolute Gasteiger partial charge is 0.258 e. The third kappa shape index (κ3) is 6.60. The van der Waals surface area contributed by atoms with Gasteiger partial charge >= 0.3 is 0 Å². The molecule has 1 heterocycles. The lowest BCUT2D eigenvalue weighted by Gasteiger charge is -2.39. The molecule has 0 bridgehead atoms. The number of amides is 1. The highest BCUT2D eigenvalue weighted by molar-refractivity contribution is 5.77. The van der Waals surface area contributed by atoms with Crippen LogP contribution in [0.15, 0.2) is 54.6 Å². The number of hydrogen-bond donors (Lipinski definition) is 1. The zero-order chi connectivity index (χ0) is 23.0. The zero-order valence-corrected chi connectivity index (χ0v) is 20.2. The molecule has 2 aromatic rings. The number of nitrogens with one attached hydrogen (secondary N) is 1. The first-order valence-electron chi connectivity index (χ1n) is 12.8. The molecule has 2 fully saturated rings. The molecule has 178 valence electrons. The summed E-state index contributed by atoms with van der Waals surface area (Å²) in [5, 5.41) is 3.14. The van der Waals surface area contributed by atoms with Gasteiger partial charge in [-0.15, -0.1) is 0 Å². The Morgan fingerprint density at radius 1 is 0.970 bits per heavy atom. The van der Waals surface area contributed by atoms with E-state index in [0.717, 1.165) is 31.6 Å². The standard InChI is InChI=1S/C29H39NO3/c1-21(2)27-18-24(22-10-6-5-7-11-22)19-33-29(27)23-14-16-26(17-15-23)32-20-28(31)30-25-12-8-3-4-9-13-25/h5-7,10-11,14-17,21,24-25,27,29H,3-4,8-9,12-13,18-20H2,1-2H3,(H,30,31)/t24-,27-,29-/m0/s1. The lowest BCUT2D eigenvalue weighted by Crippen LogP contribution is -2.37. The third-order valence-corrected chi connectivity index (χ3v) is 7.35. The highest BCUT2D eigenvalue weighted by Gasteiger charge is 2.34. The van der Waals surface area contributed by atoms with Crippen molar-refractivity contribution in [1.29, 1.82) is 0 Å². The molecule has 1 N–H and O–H groups in total. The van der Waals surface area contributed by atoms with E-state index < -0.39 is 0 Å². The maximum atomic E-state index is 12.3. The molecule has 0 unspecified atom stereocenters. The molecular weight excluding hydrogens is 410 g/mol. The van der Waals surface area contributed by atoms with Gasteiger partial charge in [0.1, 0.15) is 5.75 Å². The fourth-order valence-corrected chi connectivity index (χ4v) is 5.38. The first-order chi connectivity index (χ1) is 16.1. The van der Waals surface area contributed by atoms with E-state index in [4.69, 9.17) is 9.47 Å². The third-order valence-electron chi connectivity index (χ3n) is 7.35. The molecule has 0 spiro atoms. The van der Waals surface area contributed by atoms with Crippen LogP contribution in [0.5, 0.6) is 5.75 Å². The normalized spacial score (nSPS) is 24.3. The maximum Gasteiger partial charge on any atom is 0.258 e. The average Bonchev–Trinajstić information content (AvgIpc) is 3.12. The van der Waals surface area contributed by atoms with Crippen LogP contribution in [0.1, 0.15) is 81.9 Å². The second-order valence-corrected chi connectivity index (χ2v) is 10.1. The predicted molar refractivity (Wildman–Crippen MR) is 132 cm³/mol. The van der Waals surface area contributed by atoms with E-state index >= 15 is 0 Å². The number of ether oxygens (including phenoxy) is 2. The summed E-state index contributed by atoms with van der Waals surface area (Å²) in [4.78, 5) is 12.3. The summed E-state index contributed by atoms with van der Waals surface area (Å²) in [6.07, 6.45) is 8.38. The van der Waals surface area contributed by atoms with Crippen LogP contribution in [-0.2, 0) is 9.53 Å². The van der Waals surface area contributed by atoms with Crippen molar-refractivity contribution in [2.45, 2.75) is 76.9 Å². The molecule has 4 rings (SSSR count). The molecule has 1 amide bonds. The highest BCUT2D eigenvalue weighted by Crippen LogP contribution is 2.43. The molecule has 4 nitrogen and oxygen atoms in total. The molecule has 0 aromatic heterocycles. The maximum absolute atomic E-state index is 12.3. The van der Waals surface area contributed by atoms with E-state index in [9.17, 15) is 4.79 Å². The van der Waals surface area contributed by atoms with Crippen LogP contribution in [0.25, 0.3) is 0 Å². The van der Waals surface area contributed by atoms with Gasteiger partial charge < -0.3 is 14.8 Å². The van der Waals surface area contributed by atoms with Crippen molar-refractivity contribution in [3.05, 3.63) is 65.7 Å². The SMILES string of the molecule is CC(C)[C@@H]1C[C@H](c2ccccc2)CO[C@H]1c1ccc(OCC(=O)NC2CCCCCC2)cc1. The lowest BCUT2D eigenvalue weighted by atomic mass is 9.76. The van der Waals surface area contributed by atoms with Crippen molar-refractivity contribution in [3.8, 4) is 5.75 Å². The molecule has 1 aliphatic carbocycles. The van der Waals surface area contributed by atoms with Crippen molar-refractivity contribution in [3.63, 3.8) is 0 Å². The van der Waals surface area contributed by atoms with E-state index in [1.54, 1.807) is 0 Å². The summed E-state index contributed by atoms with van der Waals surface area (Å²) in [6.45, 7) is 5.40. The van der Waals surface area contributed by atoms with Crippen molar-refractivity contribution in [2.75, 3.05) is 13.2 Å². The first-order valence-corrected chi connectivity index (χ1v) is 12.8. The Morgan fingerprint density at radius 2 is 1.67 bits per heavy atom. The van der Waals surface area contributed by atoms with Crippen molar-refractivity contribution >= 4 is 5.91 Å². The van der Waals surface area contributed by atoms with E-state index in [1.165, 1.54) is 36.8 Å². The molecular formula is C29H39NO3.